The maximum absolute atomic E-state index is 14.3. The molecular weight excluding hydrogens is 293 g/mol. The Kier molecular flexibility index (Phi) is 3.43. The Hall–Kier alpha value is -2.69. The van der Waals surface area contributed by atoms with Crippen LogP contribution in [0.15, 0.2) is 47.5 Å². The van der Waals surface area contributed by atoms with Crippen LogP contribution >= 0.6 is 0 Å². The Morgan fingerprint density at radius 3 is 2.52 bits per heavy atom. The lowest BCUT2D eigenvalue weighted by Gasteiger charge is -2.24. The zero-order chi connectivity index (χ0) is 16.8. The van der Waals surface area contributed by atoms with Crippen molar-refractivity contribution in [2.24, 2.45) is 4.99 Å². The third kappa shape index (κ3) is 2.48. The molecule has 0 saturated carbocycles. The average Bonchev–Trinajstić information content (AvgIpc) is 2.58. The molecule has 4 nitrogen and oxygen atoms in total. The van der Waals surface area contributed by atoms with Crippen LogP contribution in [-0.4, -0.2) is 24.2 Å². The predicted octanol–water partition coefficient (Wildman–Crippen LogP) is 3.00. The van der Waals surface area contributed by atoms with E-state index in [0.29, 0.717) is 28.2 Å². The van der Waals surface area contributed by atoms with Gasteiger partial charge in [0.2, 0.25) is 0 Å². The Morgan fingerprint density at radius 2 is 1.83 bits per heavy atom. The molecule has 3 rings (SSSR count). The van der Waals surface area contributed by atoms with Gasteiger partial charge in [-0.3, -0.25) is 9.79 Å². The number of carbonyl (C=O) groups excluding carboxylic acids is 1. The van der Waals surface area contributed by atoms with Crippen molar-refractivity contribution in [1.82, 2.24) is 0 Å². The summed E-state index contributed by atoms with van der Waals surface area (Å²) in [6.07, 6.45) is 0. The van der Waals surface area contributed by atoms with Crippen molar-refractivity contribution in [2.45, 2.75) is 19.4 Å². The quantitative estimate of drug-likeness (QED) is 0.823. The number of nitrogens with zero attached hydrogens (tertiary/aromatic N) is 2. The normalized spacial score (nSPS) is 16.6. The monoisotopic (exact) mass is 311 g/mol. The minimum Gasteiger partial charge on any atom is -0.399 e. The second kappa shape index (κ2) is 5.19. The number of amides is 1. The third-order valence-corrected chi connectivity index (χ3v) is 3.99. The first-order valence-electron chi connectivity index (χ1n) is 7.34. The number of benzodiazepines with no additional fused rings is 1. The Labute approximate surface area is 134 Å². The van der Waals surface area contributed by atoms with Crippen LogP contribution in [0.4, 0.5) is 15.8 Å². The third-order valence-electron chi connectivity index (χ3n) is 3.99. The maximum Gasteiger partial charge on any atom is 0.254 e. The first kappa shape index (κ1) is 15.2. The number of carbonyl (C=O) groups is 1. The Bertz CT molecular complexity index is 827. The van der Waals surface area contributed by atoms with Crippen molar-refractivity contribution < 1.29 is 9.18 Å². The lowest BCUT2D eigenvalue weighted by molar-refractivity contribution is -0.122. The summed E-state index contributed by atoms with van der Waals surface area (Å²) < 4.78 is 14.3. The first-order chi connectivity index (χ1) is 10.8. The van der Waals surface area contributed by atoms with Crippen LogP contribution in [0.3, 0.4) is 0 Å². The van der Waals surface area contributed by atoms with E-state index in [1.165, 1.54) is 6.07 Å². The summed E-state index contributed by atoms with van der Waals surface area (Å²) in [5.41, 5.74) is 7.55. The van der Waals surface area contributed by atoms with E-state index in [0.717, 1.165) is 0 Å². The molecular formula is C18H18FN3O. The summed E-state index contributed by atoms with van der Waals surface area (Å²) >= 11 is 0. The van der Waals surface area contributed by atoms with Crippen molar-refractivity contribution in [2.75, 3.05) is 17.7 Å². The van der Waals surface area contributed by atoms with Gasteiger partial charge in [0.1, 0.15) is 11.4 Å². The highest BCUT2D eigenvalue weighted by atomic mass is 19.1. The van der Waals surface area contributed by atoms with E-state index in [1.54, 1.807) is 62.2 Å². The van der Waals surface area contributed by atoms with Gasteiger partial charge in [0.15, 0.2) is 0 Å². The van der Waals surface area contributed by atoms with Crippen LogP contribution in [0.5, 0.6) is 0 Å². The molecule has 0 aromatic heterocycles. The molecule has 0 unspecified atom stereocenters. The molecule has 5 heteroatoms. The topological polar surface area (TPSA) is 58.7 Å². The number of rotatable bonds is 1. The van der Waals surface area contributed by atoms with Crippen molar-refractivity contribution >= 4 is 23.0 Å². The highest BCUT2D eigenvalue weighted by molar-refractivity contribution is 6.21. The number of aliphatic imine (C=N–C) groups is 1. The SMILES string of the molecule is CN1C(=O)C(C)(C)N=C(c2ccccc2F)c2cc(N)ccc21. The number of likely N-dealkylation sites (N-methyl/N-ethyl adjacent to an activating group) is 1. The molecule has 118 valence electrons. The van der Waals surface area contributed by atoms with E-state index < -0.39 is 5.54 Å². The fourth-order valence-electron chi connectivity index (χ4n) is 2.80. The van der Waals surface area contributed by atoms with Gasteiger partial charge in [-0.2, -0.15) is 0 Å². The summed E-state index contributed by atoms with van der Waals surface area (Å²) in [5.74, 6) is -0.540. The maximum atomic E-state index is 14.3. The number of anilines is 2. The van der Waals surface area contributed by atoms with E-state index in [1.807, 2.05) is 0 Å². The van der Waals surface area contributed by atoms with Crippen molar-refractivity contribution in [3.8, 4) is 0 Å². The number of nitrogen functional groups attached to an aromatic ring is 1. The molecule has 2 N–H and O–H groups in total. The van der Waals surface area contributed by atoms with Crippen molar-refractivity contribution in [1.29, 1.82) is 0 Å². The van der Waals surface area contributed by atoms with Gasteiger partial charge in [-0.1, -0.05) is 12.1 Å². The molecule has 0 atom stereocenters. The summed E-state index contributed by atoms with van der Waals surface area (Å²) in [5, 5.41) is 0. The molecule has 1 aliphatic heterocycles. The molecule has 23 heavy (non-hydrogen) atoms. The number of halogens is 1. The minimum absolute atomic E-state index is 0.158. The first-order valence-corrected chi connectivity index (χ1v) is 7.34. The number of nitrogens with two attached hydrogens (primary N) is 1. The molecule has 1 aliphatic rings. The van der Waals surface area contributed by atoms with Gasteiger partial charge < -0.3 is 10.6 Å². The second-order valence-corrected chi connectivity index (χ2v) is 6.14. The zero-order valence-electron chi connectivity index (χ0n) is 13.3. The molecule has 0 bridgehead atoms. The molecule has 2 aromatic carbocycles. The van der Waals surface area contributed by atoms with E-state index in [9.17, 15) is 9.18 Å². The molecule has 0 fully saturated rings. The highest BCUT2D eigenvalue weighted by Gasteiger charge is 2.36. The predicted molar refractivity (Wildman–Crippen MR) is 90.4 cm³/mol. The van der Waals surface area contributed by atoms with Crippen LogP contribution < -0.4 is 10.6 Å². The largest absolute Gasteiger partial charge is 0.399 e. The fourth-order valence-corrected chi connectivity index (χ4v) is 2.80. The molecule has 0 radical (unpaired) electrons. The van der Waals surface area contributed by atoms with E-state index >= 15 is 0 Å². The van der Waals surface area contributed by atoms with Crippen LogP contribution in [0.25, 0.3) is 0 Å². The molecule has 0 aliphatic carbocycles. The standard InChI is InChI=1S/C18H18FN3O/c1-18(2)17(23)22(3)15-9-8-11(20)10-13(15)16(21-18)12-6-4-5-7-14(12)19/h4-10H,20H2,1-3H3. The Morgan fingerprint density at radius 1 is 1.13 bits per heavy atom. The average molecular weight is 311 g/mol. The zero-order valence-corrected chi connectivity index (χ0v) is 13.3. The van der Waals surface area contributed by atoms with E-state index in [4.69, 9.17) is 5.73 Å². The summed E-state index contributed by atoms with van der Waals surface area (Å²) in [6.45, 7) is 3.45. The molecule has 1 heterocycles. The van der Waals surface area contributed by atoms with Gasteiger partial charge in [0.25, 0.3) is 5.91 Å². The van der Waals surface area contributed by atoms with Gasteiger partial charge in [-0.05, 0) is 44.2 Å². The summed E-state index contributed by atoms with van der Waals surface area (Å²) in [7, 11) is 1.69. The van der Waals surface area contributed by atoms with Crippen LogP contribution in [0.1, 0.15) is 25.0 Å². The van der Waals surface area contributed by atoms with Crippen LogP contribution in [0, 0.1) is 5.82 Å². The fraction of sp³-hybridized carbons (Fsp3) is 0.222. The van der Waals surface area contributed by atoms with Gasteiger partial charge >= 0.3 is 0 Å². The van der Waals surface area contributed by atoms with Gasteiger partial charge in [-0.25, -0.2) is 4.39 Å². The number of benzene rings is 2. The molecule has 0 saturated heterocycles. The van der Waals surface area contributed by atoms with Crippen LogP contribution in [0.2, 0.25) is 0 Å². The number of hydrogen-bond acceptors (Lipinski definition) is 3. The lowest BCUT2D eigenvalue weighted by Crippen LogP contribution is -2.41. The van der Waals surface area contributed by atoms with Crippen LogP contribution in [-0.2, 0) is 4.79 Å². The van der Waals surface area contributed by atoms with Gasteiger partial charge in [0.05, 0.1) is 11.4 Å². The van der Waals surface area contributed by atoms with E-state index in [2.05, 4.69) is 4.99 Å². The highest BCUT2D eigenvalue weighted by Crippen LogP contribution is 2.32. The molecule has 0 spiro atoms. The number of fused-ring (bicyclic) bond motifs is 1. The van der Waals surface area contributed by atoms with E-state index in [-0.39, 0.29) is 11.7 Å². The van der Waals surface area contributed by atoms with Crippen molar-refractivity contribution in [3.05, 3.63) is 59.4 Å². The Balaban J connectivity index is 2.36. The number of hydrogen-bond donors (Lipinski definition) is 1. The van der Waals surface area contributed by atoms with Crippen molar-refractivity contribution in [3.63, 3.8) is 0 Å². The van der Waals surface area contributed by atoms with Gasteiger partial charge in [-0.15, -0.1) is 0 Å². The molecule has 1 amide bonds. The minimum atomic E-state index is -1.000. The smallest absolute Gasteiger partial charge is 0.254 e. The summed E-state index contributed by atoms with van der Waals surface area (Å²) in [6, 6.07) is 11.6. The summed E-state index contributed by atoms with van der Waals surface area (Å²) in [4.78, 5) is 18.8. The molecule has 2 aromatic rings. The van der Waals surface area contributed by atoms with Gasteiger partial charge in [0, 0.05) is 23.9 Å². The lowest BCUT2D eigenvalue weighted by atomic mass is 9.99. The second-order valence-electron chi connectivity index (χ2n) is 6.14.